The molecule has 1 N–H and O–H groups in total. The maximum absolute atomic E-state index is 13.9. The Balaban J connectivity index is 1.75. The molecule has 0 radical (unpaired) electrons. The fourth-order valence-corrected chi connectivity index (χ4v) is 4.68. The van der Waals surface area contributed by atoms with Crippen molar-refractivity contribution in [3.05, 3.63) is 87.9 Å². The van der Waals surface area contributed by atoms with E-state index < -0.39 is 6.04 Å². The van der Waals surface area contributed by atoms with E-state index in [4.69, 9.17) is 28.2 Å². The van der Waals surface area contributed by atoms with Gasteiger partial charge < -0.3 is 15.1 Å². The minimum Gasteiger partial charge on any atom is -0.378 e. The van der Waals surface area contributed by atoms with Crippen LogP contribution >= 0.6 is 23.2 Å². The molecule has 0 aromatic heterocycles. The number of anilines is 3. The summed E-state index contributed by atoms with van der Waals surface area (Å²) < 4.78 is 0. The fraction of sp³-hybridized carbons (Fsp3) is 0.276. The predicted octanol–water partition coefficient (Wildman–Crippen LogP) is 6.30. The van der Waals surface area contributed by atoms with Gasteiger partial charge in [0.2, 0.25) is 5.91 Å². The van der Waals surface area contributed by atoms with Gasteiger partial charge in [-0.3, -0.25) is 14.6 Å². The Labute approximate surface area is 227 Å². The second-order valence-corrected chi connectivity index (χ2v) is 10.2. The number of aliphatic imine (C=N–C) groups is 1. The van der Waals surface area contributed by atoms with E-state index >= 15 is 0 Å². The molecule has 6 nitrogen and oxygen atoms in total. The Kier molecular flexibility index (Phi) is 8.20. The molecule has 2 atom stereocenters. The molecule has 3 aromatic carbocycles. The van der Waals surface area contributed by atoms with Crippen molar-refractivity contribution in [2.75, 3.05) is 35.8 Å². The molecule has 37 heavy (non-hydrogen) atoms. The number of hydrogen-bond donors (Lipinski definition) is 1. The molecule has 3 aromatic rings. The lowest BCUT2D eigenvalue weighted by atomic mass is 9.97. The van der Waals surface area contributed by atoms with Gasteiger partial charge >= 0.3 is 0 Å². The molecule has 0 bridgehead atoms. The Hall–Kier alpha value is -3.35. The molecule has 8 heteroatoms. The van der Waals surface area contributed by atoms with E-state index in [9.17, 15) is 9.59 Å². The number of carbonyl (C=O) groups excluding carboxylic acids is 2. The first-order valence-electron chi connectivity index (χ1n) is 12.2. The van der Waals surface area contributed by atoms with Crippen molar-refractivity contribution in [3.8, 4) is 0 Å². The number of nitrogens with one attached hydrogen (secondary N) is 1. The molecule has 2 amide bonds. The van der Waals surface area contributed by atoms with Crippen LogP contribution in [0.25, 0.3) is 0 Å². The molecule has 0 saturated heterocycles. The van der Waals surface area contributed by atoms with E-state index in [0.717, 1.165) is 12.1 Å². The fourth-order valence-electron chi connectivity index (χ4n) is 4.29. The van der Waals surface area contributed by atoms with Crippen LogP contribution in [0.1, 0.15) is 31.4 Å². The minimum atomic E-state index is -0.686. The molecule has 2 unspecified atom stereocenters. The van der Waals surface area contributed by atoms with Crippen LogP contribution in [0.15, 0.2) is 71.7 Å². The number of benzene rings is 3. The first kappa shape index (κ1) is 26.7. The smallest absolute Gasteiger partial charge is 0.252 e. The van der Waals surface area contributed by atoms with Crippen molar-refractivity contribution in [1.29, 1.82) is 0 Å². The Morgan fingerprint density at radius 3 is 2.41 bits per heavy atom. The number of nitrogens with zero attached hydrogens (tertiary/aromatic N) is 3. The van der Waals surface area contributed by atoms with E-state index in [2.05, 4.69) is 5.32 Å². The van der Waals surface area contributed by atoms with Crippen LogP contribution in [0.5, 0.6) is 0 Å². The van der Waals surface area contributed by atoms with Gasteiger partial charge in [-0.2, -0.15) is 0 Å². The molecule has 0 saturated carbocycles. The van der Waals surface area contributed by atoms with Gasteiger partial charge in [0.25, 0.3) is 5.91 Å². The molecule has 192 valence electrons. The third-order valence-electron chi connectivity index (χ3n) is 6.57. The normalized spacial score (nSPS) is 15.9. The van der Waals surface area contributed by atoms with Crippen LogP contribution in [0.4, 0.5) is 17.1 Å². The number of rotatable bonds is 7. The second kappa shape index (κ2) is 11.4. The van der Waals surface area contributed by atoms with E-state index in [1.165, 1.54) is 4.90 Å². The molecule has 1 aliphatic heterocycles. The average Bonchev–Trinajstić information content (AvgIpc) is 2.99. The summed E-state index contributed by atoms with van der Waals surface area (Å²) in [6.07, 6.45) is 0.741. The molecule has 0 aliphatic carbocycles. The van der Waals surface area contributed by atoms with Crippen LogP contribution in [-0.4, -0.2) is 44.2 Å². The zero-order valence-electron chi connectivity index (χ0n) is 21.3. The van der Waals surface area contributed by atoms with Gasteiger partial charge in [0.1, 0.15) is 12.6 Å². The first-order valence-corrected chi connectivity index (χ1v) is 13.0. The molecule has 0 fully saturated rings. The Bertz CT molecular complexity index is 1340. The third kappa shape index (κ3) is 5.81. The largest absolute Gasteiger partial charge is 0.378 e. The lowest BCUT2D eigenvalue weighted by Crippen LogP contribution is -2.44. The van der Waals surface area contributed by atoms with Crippen molar-refractivity contribution in [3.63, 3.8) is 0 Å². The topological polar surface area (TPSA) is 65.0 Å². The van der Waals surface area contributed by atoms with Gasteiger partial charge in [-0.05, 0) is 54.4 Å². The molecular weight excluding hydrogens is 507 g/mol. The summed E-state index contributed by atoms with van der Waals surface area (Å²) in [7, 11) is 3.91. The van der Waals surface area contributed by atoms with Gasteiger partial charge in [0, 0.05) is 46.6 Å². The molecule has 0 spiro atoms. The summed E-state index contributed by atoms with van der Waals surface area (Å²) in [6, 6.07) is 19.5. The van der Waals surface area contributed by atoms with Crippen LogP contribution < -0.4 is 15.1 Å². The number of halogens is 2. The zero-order valence-corrected chi connectivity index (χ0v) is 22.8. The highest BCUT2D eigenvalue weighted by molar-refractivity contribution is 6.37. The number of amides is 2. The average molecular weight is 537 g/mol. The van der Waals surface area contributed by atoms with Gasteiger partial charge in [0.15, 0.2) is 0 Å². The van der Waals surface area contributed by atoms with Crippen molar-refractivity contribution in [1.82, 2.24) is 0 Å². The lowest BCUT2D eigenvalue weighted by molar-refractivity contribution is -0.123. The summed E-state index contributed by atoms with van der Waals surface area (Å²) >= 11 is 13.0. The SMILES string of the molecule is CCC(C)C1N=C(c2ccccc2Cl)c2cc(Cl)ccc2N(CC(=O)Nc2ccc(N(C)C)cc2)C1=O. The van der Waals surface area contributed by atoms with Gasteiger partial charge in [-0.1, -0.05) is 61.7 Å². The van der Waals surface area contributed by atoms with Crippen LogP contribution in [0.2, 0.25) is 10.0 Å². The molecule has 1 aliphatic rings. The highest BCUT2D eigenvalue weighted by Gasteiger charge is 2.36. The van der Waals surface area contributed by atoms with Gasteiger partial charge in [0.05, 0.1) is 11.4 Å². The molecule has 4 rings (SSSR count). The van der Waals surface area contributed by atoms with Gasteiger partial charge in [-0.15, -0.1) is 0 Å². The Morgan fingerprint density at radius 2 is 1.76 bits per heavy atom. The number of fused-ring (bicyclic) bond motifs is 1. The molecule has 1 heterocycles. The van der Waals surface area contributed by atoms with E-state index in [-0.39, 0.29) is 24.3 Å². The summed E-state index contributed by atoms with van der Waals surface area (Å²) in [6.45, 7) is 3.84. The predicted molar refractivity (Wildman–Crippen MR) is 154 cm³/mol. The summed E-state index contributed by atoms with van der Waals surface area (Å²) in [5.74, 6) is -0.604. The zero-order chi connectivity index (χ0) is 26.7. The van der Waals surface area contributed by atoms with E-state index in [1.807, 2.05) is 75.3 Å². The number of carbonyl (C=O) groups is 2. The van der Waals surface area contributed by atoms with Crippen molar-refractivity contribution in [2.45, 2.75) is 26.3 Å². The van der Waals surface area contributed by atoms with Crippen molar-refractivity contribution in [2.24, 2.45) is 10.9 Å². The lowest BCUT2D eigenvalue weighted by Gasteiger charge is -2.26. The summed E-state index contributed by atoms with van der Waals surface area (Å²) in [5, 5.41) is 3.93. The van der Waals surface area contributed by atoms with E-state index in [1.54, 1.807) is 24.3 Å². The first-order chi connectivity index (χ1) is 17.7. The highest BCUT2D eigenvalue weighted by atomic mass is 35.5. The highest BCUT2D eigenvalue weighted by Crippen LogP contribution is 2.34. The van der Waals surface area contributed by atoms with Crippen LogP contribution in [0, 0.1) is 5.92 Å². The van der Waals surface area contributed by atoms with Crippen molar-refractivity contribution >= 4 is 57.8 Å². The quantitative estimate of drug-likeness (QED) is 0.385. The monoisotopic (exact) mass is 536 g/mol. The molecular formula is C29H30Cl2N4O2. The maximum Gasteiger partial charge on any atom is 0.252 e. The van der Waals surface area contributed by atoms with E-state index in [0.29, 0.717) is 38.3 Å². The number of benzodiazepines with no additional fused rings is 1. The number of hydrogen-bond acceptors (Lipinski definition) is 4. The standard InChI is InChI=1S/C29H30Cl2N4O2/c1-5-18(2)27-29(37)35(17-26(36)32-20-11-13-21(14-12-20)34(3)4)25-15-10-19(30)16-23(25)28(33-27)22-8-6-7-9-24(22)31/h6-16,18,27H,5,17H2,1-4H3,(H,32,36). The van der Waals surface area contributed by atoms with Crippen molar-refractivity contribution < 1.29 is 9.59 Å². The summed E-state index contributed by atoms with van der Waals surface area (Å²) in [5.41, 5.74) is 4.19. The summed E-state index contributed by atoms with van der Waals surface area (Å²) in [4.78, 5) is 35.6. The minimum absolute atomic E-state index is 0.0566. The van der Waals surface area contributed by atoms with Gasteiger partial charge in [-0.25, -0.2) is 0 Å². The Morgan fingerprint density at radius 1 is 1.05 bits per heavy atom. The maximum atomic E-state index is 13.9. The van der Waals surface area contributed by atoms with Crippen LogP contribution in [0.3, 0.4) is 0 Å². The van der Waals surface area contributed by atoms with Crippen LogP contribution in [-0.2, 0) is 9.59 Å². The second-order valence-electron chi connectivity index (χ2n) is 9.36. The third-order valence-corrected chi connectivity index (χ3v) is 7.14.